The molecule has 0 saturated carbocycles. The van der Waals surface area contributed by atoms with Gasteiger partial charge in [0.25, 0.3) is 15.6 Å². The molecule has 5 N–H and O–H groups in total. The minimum absolute atomic E-state index is 0.00166. The highest BCUT2D eigenvalue weighted by Gasteiger charge is 2.47. The fourth-order valence-electron chi connectivity index (χ4n) is 3.70. The molecule has 2 unspecified atom stereocenters. The summed E-state index contributed by atoms with van der Waals surface area (Å²) < 4.78 is 59.7. The number of likely N-dealkylation sites (N-methyl/N-ethyl adjacent to an activating group) is 1. The van der Waals surface area contributed by atoms with E-state index < -0.39 is 78.6 Å². The second kappa shape index (κ2) is 13.0. The number of carbonyl (C=O) groups is 1. The molecule has 2 aromatic rings. The van der Waals surface area contributed by atoms with Gasteiger partial charge in [-0.25, -0.2) is 19.3 Å². The van der Waals surface area contributed by atoms with Gasteiger partial charge in [0.2, 0.25) is 5.91 Å². The van der Waals surface area contributed by atoms with Crippen LogP contribution >= 0.6 is 23.5 Å². The quantitative estimate of drug-likeness (QED) is 0.142. The lowest BCUT2D eigenvalue weighted by molar-refractivity contribution is -0.347. The Morgan fingerprint density at radius 3 is 2.45 bits per heavy atom. The zero-order chi connectivity index (χ0) is 31.7. The Morgan fingerprint density at radius 1 is 1.19 bits per heavy atom. The number of aromatic nitrogens is 4. The van der Waals surface area contributed by atoms with Crippen LogP contribution in [0, 0.1) is 5.41 Å². The minimum Gasteiger partial charge on any atom is -0.790 e. The van der Waals surface area contributed by atoms with Crippen LogP contribution in [0.5, 0.6) is 0 Å². The van der Waals surface area contributed by atoms with Crippen LogP contribution < -0.4 is 30.6 Å². The first-order valence-corrected chi connectivity index (χ1v) is 16.2. The van der Waals surface area contributed by atoms with Crippen LogP contribution in [0.3, 0.4) is 0 Å². The largest absolute Gasteiger partial charge is 0.790 e. The Balaban J connectivity index is 1.71. The van der Waals surface area contributed by atoms with Gasteiger partial charge in [0, 0.05) is 12.0 Å². The summed E-state index contributed by atoms with van der Waals surface area (Å²) in [6, 6.07) is 0. The summed E-state index contributed by atoms with van der Waals surface area (Å²) in [5.74, 6) is -0.891. The van der Waals surface area contributed by atoms with E-state index in [9.17, 15) is 48.3 Å². The first kappa shape index (κ1) is 34.6. The van der Waals surface area contributed by atoms with Crippen LogP contribution in [0.15, 0.2) is 12.7 Å². The van der Waals surface area contributed by atoms with Crippen LogP contribution in [0.25, 0.3) is 11.2 Å². The summed E-state index contributed by atoms with van der Waals surface area (Å²) in [6.45, 7) is 2.16. The monoisotopic (exact) mass is 660 g/mol. The average Bonchev–Trinajstić information content (AvgIpc) is 3.42. The highest BCUT2D eigenvalue weighted by Crippen LogP contribution is 2.56. The molecule has 1 fully saturated rings. The second-order valence-corrected chi connectivity index (χ2v) is 13.6. The number of carbonyl (C=O) groups excluding carboxylic acids is 1. The first-order chi connectivity index (χ1) is 19.3. The van der Waals surface area contributed by atoms with Crippen molar-refractivity contribution in [2.45, 2.75) is 51.4 Å². The molecule has 1 saturated heterocycles. The van der Waals surface area contributed by atoms with Crippen LogP contribution in [0.2, 0.25) is 0 Å². The molecule has 0 bridgehead atoms. The van der Waals surface area contributed by atoms with E-state index >= 15 is 0 Å². The lowest BCUT2D eigenvalue weighted by Gasteiger charge is -2.36. The number of nitrogens with zero attached hydrogens (tertiary/aromatic N) is 4. The van der Waals surface area contributed by atoms with Gasteiger partial charge in [-0.1, -0.05) is 13.8 Å². The van der Waals surface area contributed by atoms with Gasteiger partial charge < -0.3 is 63.7 Å². The zero-order valence-corrected chi connectivity index (χ0v) is 24.8. The molecule has 0 aliphatic carbocycles. The molecule has 238 valence electrons. The Bertz CT molecular complexity index is 1420. The van der Waals surface area contributed by atoms with Crippen LogP contribution in [-0.2, 0) is 41.1 Å². The van der Waals surface area contributed by atoms with E-state index in [0.717, 1.165) is 17.2 Å². The van der Waals surface area contributed by atoms with Gasteiger partial charge in [0.1, 0.15) is 36.3 Å². The molecule has 1 aliphatic heterocycles. The molecule has 0 radical (unpaired) electrons. The van der Waals surface area contributed by atoms with Crippen molar-refractivity contribution in [3.63, 3.8) is 0 Å². The number of phosphoric acid groups is 3. The van der Waals surface area contributed by atoms with Gasteiger partial charge in [-0.3, -0.25) is 18.5 Å². The van der Waals surface area contributed by atoms with Gasteiger partial charge in [0.05, 0.1) is 27.4 Å². The Morgan fingerprint density at radius 2 is 1.83 bits per heavy atom. The molecule has 3 heterocycles. The van der Waals surface area contributed by atoms with Crippen molar-refractivity contribution >= 4 is 46.4 Å². The zero-order valence-electron chi connectivity index (χ0n) is 22.1. The molecular formula is C18H27N6O15P3-4. The van der Waals surface area contributed by atoms with Crippen molar-refractivity contribution in [3.8, 4) is 0 Å². The first-order valence-electron chi connectivity index (χ1n) is 11.8. The molecule has 0 spiro atoms. The number of hydrogen-bond acceptors (Lipinski definition) is 19. The number of fused-ring (bicyclic) bond motifs is 1. The normalized spacial score (nSPS) is 25.2. The third kappa shape index (κ3) is 8.58. The maximum atomic E-state index is 12.3. The summed E-state index contributed by atoms with van der Waals surface area (Å²) >= 11 is 0. The molecular weight excluding hydrogens is 633 g/mol. The number of phosphoric ester groups is 3. The van der Waals surface area contributed by atoms with E-state index in [4.69, 9.17) is 10.5 Å². The number of anilines is 1. The smallest absolute Gasteiger partial charge is 0.274 e. The van der Waals surface area contributed by atoms with Gasteiger partial charge >= 0.3 is 0 Å². The van der Waals surface area contributed by atoms with E-state index in [-0.39, 0.29) is 23.5 Å². The fourth-order valence-corrected chi connectivity index (χ4v) is 6.44. The van der Waals surface area contributed by atoms with Crippen molar-refractivity contribution in [1.82, 2.24) is 24.8 Å². The molecule has 2 aromatic heterocycles. The van der Waals surface area contributed by atoms with Gasteiger partial charge in [-0.05, 0) is 6.92 Å². The number of hydrogen-bond donors (Lipinski definition) is 4. The second-order valence-electron chi connectivity index (χ2n) is 9.49. The van der Waals surface area contributed by atoms with Crippen molar-refractivity contribution in [1.29, 1.82) is 0 Å². The van der Waals surface area contributed by atoms with Gasteiger partial charge in [-0.2, -0.15) is 0 Å². The number of ether oxygens (including phenoxy) is 1. The molecule has 1 aliphatic rings. The number of aliphatic hydroxyl groups excluding tert-OH is 2. The fraction of sp³-hybridized carbons (Fsp3) is 0.667. The van der Waals surface area contributed by atoms with E-state index in [2.05, 4.69) is 38.2 Å². The standard InChI is InChI=1S/C18H31N6O15P3/c1-4-20-16(27)13(26)18(2,3)6-36-42(33,34)39-41(31,32)35-5-9-12(38-40(28,29)30)11(25)17(37-9)24-8-23-10-14(19)21-7-22-15(10)24/h7-9,11-13,17,25-26H,4-6H2,1-3H3,(H,20,27)(H,31,32)(H,33,34)(H2,19,21,22)(H2,28,29,30)/p-4/t9-,11-,12-,13+,17-/m1/s1. The SMILES string of the molecule is CCNC(=O)[C@H](O)C(C)(C)COP(=O)([O-])OP(=O)([O-])OC[C@H]1O[C@@H](n2cnc3c(N)ncnc32)[C@H](O)[C@@H]1OP(=O)([O-])[O-]. The Labute approximate surface area is 237 Å². The lowest BCUT2D eigenvalue weighted by Crippen LogP contribution is -2.46. The molecule has 3 rings (SSSR count). The number of nitrogens with two attached hydrogens (primary N) is 1. The van der Waals surface area contributed by atoms with E-state index in [1.54, 1.807) is 6.92 Å². The van der Waals surface area contributed by atoms with Crippen LogP contribution in [0.1, 0.15) is 27.0 Å². The van der Waals surface area contributed by atoms with Crippen LogP contribution in [-0.4, -0.2) is 79.8 Å². The summed E-state index contributed by atoms with van der Waals surface area (Å²) in [7, 11) is -17.3. The van der Waals surface area contributed by atoms with E-state index in [0.29, 0.717) is 0 Å². The molecule has 0 aromatic carbocycles. The number of amides is 1. The number of aliphatic hydroxyl groups is 2. The average molecular weight is 660 g/mol. The number of rotatable bonds is 14. The third-order valence-corrected chi connectivity index (χ3v) is 8.76. The minimum atomic E-state index is -5.82. The van der Waals surface area contributed by atoms with E-state index in [1.807, 2.05) is 0 Å². The lowest BCUT2D eigenvalue weighted by atomic mass is 9.87. The summed E-state index contributed by atoms with van der Waals surface area (Å²) in [4.78, 5) is 70.5. The Hall–Kier alpha value is -1.93. The van der Waals surface area contributed by atoms with Gasteiger partial charge in [0.15, 0.2) is 17.7 Å². The van der Waals surface area contributed by atoms with Crippen molar-refractivity contribution in [3.05, 3.63) is 12.7 Å². The highest BCUT2D eigenvalue weighted by atomic mass is 31.3. The predicted octanol–water partition coefficient (Wildman–Crippen LogP) is -3.61. The molecule has 42 heavy (non-hydrogen) atoms. The van der Waals surface area contributed by atoms with Crippen molar-refractivity contribution < 1.29 is 70.9 Å². The maximum absolute atomic E-state index is 12.3. The molecule has 24 heteroatoms. The van der Waals surface area contributed by atoms with Gasteiger partial charge in [-0.15, -0.1) is 0 Å². The van der Waals surface area contributed by atoms with Crippen molar-refractivity contribution in [2.75, 3.05) is 25.5 Å². The number of imidazole rings is 1. The number of nitrogen functional groups attached to an aromatic ring is 1. The third-order valence-electron chi connectivity index (χ3n) is 5.75. The van der Waals surface area contributed by atoms with E-state index in [1.165, 1.54) is 13.8 Å². The maximum Gasteiger partial charge on any atom is 0.274 e. The van der Waals surface area contributed by atoms with Crippen molar-refractivity contribution in [2.24, 2.45) is 5.41 Å². The summed E-state index contributed by atoms with van der Waals surface area (Å²) in [6.07, 6.45) is -7.00. The topological polar surface area (TPSA) is 329 Å². The molecule has 7 atom stereocenters. The van der Waals surface area contributed by atoms with Crippen LogP contribution in [0.4, 0.5) is 5.82 Å². The summed E-state index contributed by atoms with van der Waals surface area (Å²) in [5.41, 5.74) is 4.25. The Kier molecular flexibility index (Phi) is 10.7. The molecule has 21 nitrogen and oxygen atoms in total. The molecule has 1 amide bonds. The highest BCUT2D eigenvalue weighted by molar-refractivity contribution is 7.59. The predicted molar refractivity (Wildman–Crippen MR) is 129 cm³/mol. The number of nitrogens with one attached hydrogen (secondary N) is 1. The summed E-state index contributed by atoms with van der Waals surface area (Å²) in [5, 5.41) is 23.1.